The van der Waals surface area contributed by atoms with Gasteiger partial charge in [-0.2, -0.15) is 0 Å². The number of allylic oxidation sites excluding steroid dienone is 1. The SMILES string of the molecule is C=CCCC(C)N[C@H](C)c1ccc(Cl)cc1. The van der Waals surface area contributed by atoms with Gasteiger partial charge in [0.05, 0.1) is 0 Å². The summed E-state index contributed by atoms with van der Waals surface area (Å²) in [7, 11) is 0. The molecule has 0 aromatic heterocycles. The second-order valence-electron chi connectivity index (χ2n) is 4.21. The van der Waals surface area contributed by atoms with E-state index in [1.807, 2.05) is 18.2 Å². The summed E-state index contributed by atoms with van der Waals surface area (Å²) < 4.78 is 0. The summed E-state index contributed by atoms with van der Waals surface area (Å²) in [6.45, 7) is 8.12. The molecule has 88 valence electrons. The molecule has 0 spiro atoms. The molecule has 1 aromatic carbocycles. The summed E-state index contributed by atoms with van der Waals surface area (Å²) in [5.41, 5.74) is 1.27. The molecule has 0 radical (unpaired) electrons. The first kappa shape index (κ1) is 13.3. The van der Waals surface area contributed by atoms with Gasteiger partial charge in [0.15, 0.2) is 0 Å². The molecule has 0 aliphatic rings. The van der Waals surface area contributed by atoms with Crippen LogP contribution in [-0.4, -0.2) is 6.04 Å². The van der Waals surface area contributed by atoms with E-state index in [2.05, 4.69) is 37.9 Å². The highest BCUT2D eigenvalue weighted by atomic mass is 35.5. The Bertz CT molecular complexity index is 318. The van der Waals surface area contributed by atoms with E-state index in [0.717, 1.165) is 17.9 Å². The lowest BCUT2D eigenvalue weighted by Crippen LogP contribution is -2.28. The minimum Gasteiger partial charge on any atom is -0.308 e. The quantitative estimate of drug-likeness (QED) is 0.726. The van der Waals surface area contributed by atoms with Gasteiger partial charge in [-0.25, -0.2) is 0 Å². The van der Waals surface area contributed by atoms with E-state index in [-0.39, 0.29) is 0 Å². The summed E-state index contributed by atoms with van der Waals surface area (Å²) in [5, 5.41) is 4.35. The Balaban J connectivity index is 2.48. The van der Waals surface area contributed by atoms with Crippen molar-refractivity contribution in [1.29, 1.82) is 0 Å². The van der Waals surface area contributed by atoms with E-state index in [9.17, 15) is 0 Å². The Labute approximate surface area is 104 Å². The molecule has 0 aliphatic carbocycles. The van der Waals surface area contributed by atoms with Crippen LogP contribution in [0.2, 0.25) is 5.02 Å². The molecule has 0 fully saturated rings. The van der Waals surface area contributed by atoms with Crippen molar-refractivity contribution in [2.75, 3.05) is 0 Å². The van der Waals surface area contributed by atoms with Gasteiger partial charge in [-0.15, -0.1) is 6.58 Å². The molecule has 0 amide bonds. The van der Waals surface area contributed by atoms with Crippen LogP contribution in [0.3, 0.4) is 0 Å². The Morgan fingerprint density at radius 2 is 1.94 bits per heavy atom. The largest absolute Gasteiger partial charge is 0.308 e. The fourth-order valence-corrected chi connectivity index (χ4v) is 1.85. The lowest BCUT2D eigenvalue weighted by molar-refractivity contribution is 0.459. The van der Waals surface area contributed by atoms with Crippen LogP contribution >= 0.6 is 11.6 Å². The maximum absolute atomic E-state index is 5.86. The Morgan fingerprint density at radius 3 is 2.50 bits per heavy atom. The first-order valence-electron chi connectivity index (χ1n) is 5.76. The summed E-state index contributed by atoms with van der Waals surface area (Å²) in [4.78, 5) is 0. The van der Waals surface area contributed by atoms with Crippen molar-refractivity contribution in [3.8, 4) is 0 Å². The topological polar surface area (TPSA) is 12.0 Å². The van der Waals surface area contributed by atoms with Gasteiger partial charge in [-0.1, -0.05) is 29.8 Å². The van der Waals surface area contributed by atoms with E-state index in [1.54, 1.807) is 0 Å². The van der Waals surface area contributed by atoms with Crippen molar-refractivity contribution in [2.24, 2.45) is 0 Å². The van der Waals surface area contributed by atoms with Gasteiger partial charge in [0.2, 0.25) is 0 Å². The average Bonchev–Trinajstić information content (AvgIpc) is 2.27. The third-order valence-corrected chi connectivity index (χ3v) is 2.96. The van der Waals surface area contributed by atoms with Crippen molar-refractivity contribution in [2.45, 2.75) is 38.8 Å². The van der Waals surface area contributed by atoms with Gasteiger partial charge in [0.25, 0.3) is 0 Å². The molecule has 16 heavy (non-hydrogen) atoms. The van der Waals surface area contributed by atoms with Gasteiger partial charge in [-0.05, 0) is 44.4 Å². The minimum absolute atomic E-state index is 0.358. The van der Waals surface area contributed by atoms with Crippen LogP contribution < -0.4 is 5.32 Å². The van der Waals surface area contributed by atoms with Crippen LogP contribution in [0.5, 0.6) is 0 Å². The second kappa shape index (κ2) is 6.72. The lowest BCUT2D eigenvalue weighted by atomic mass is 10.1. The number of hydrogen-bond donors (Lipinski definition) is 1. The maximum atomic E-state index is 5.86. The van der Waals surface area contributed by atoms with Crippen molar-refractivity contribution in [1.82, 2.24) is 5.32 Å². The normalized spacial score (nSPS) is 14.4. The second-order valence-corrected chi connectivity index (χ2v) is 4.64. The molecule has 0 saturated heterocycles. The molecule has 1 N–H and O–H groups in total. The van der Waals surface area contributed by atoms with E-state index in [1.165, 1.54) is 5.56 Å². The van der Waals surface area contributed by atoms with Gasteiger partial charge >= 0.3 is 0 Å². The third-order valence-electron chi connectivity index (χ3n) is 2.71. The number of nitrogens with one attached hydrogen (secondary N) is 1. The molecule has 0 heterocycles. The maximum Gasteiger partial charge on any atom is 0.0406 e. The molecular formula is C14H20ClN. The number of rotatable bonds is 6. The van der Waals surface area contributed by atoms with Crippen molar-refractivity contribution < 1.29 is 0 Å². The number of benzene rings is 1. The molecule has 2 atom stereocenters. The fraction of sp³-hybridized carbons (Fsp3) is 0.429. The van der Waals surface area contributed by atoms with Crippen LogP contribution in [0.25, 0.3) is 0 Å². The fourth-order valence-electron chi connectivity index (χ4n) is 1.73. The zero-order chi connectivity index (χ0) is 12.0. The molecule has 1 aromatic rings. The highest BCUT2D eigenvalue weighted by Gasteiger charge is 2.08. The van der Waals surface area contributed by atoms with E-state index >= 15 is 0 Å². The Kier molecular flexibility index (Phi) is 5.58. The molecule has 1 rings (SSSR count). The van der Waals surface area contributed by atoms with Crippen LogP contribution in [0.15, 0.2) is 36.9 Å². The number of hydrogen-bond acceptors (Lipinski definition) is 1. The highest BCUT2D eigenvalue weighted by Crippen LogP contribution is 2.17. The monoisotopic (exact) mass is 237 g/mol. The van der Waals surface area contributed by atoms with Crippen molar-refractivity contribution >= 4 is 11.6 Å². The molecule has 0 aliphatic heterocycles. The summed E-state index contributed by atoms with van der Waals surface area (Å²) in [5.74, 6) is 0. The van der Waals surface area contributed by atoms with E-state index < -0.39 is 0 Å². The van der Waals surface area contributed by atoms with Crippen LogP contribution in [0, 0.1) is 0 Å². The van der Waals surface area contributed by atoms with Gasteiger partial charge in [0.1, 0.15) is 0 Å². The summed E-state index contributed by atoms with van der Waals surface area (Å²) >= 11 is 5.86. The lowest BCUT2D eigenvalue weighted by Gasteiger charge is -2.20. The van der Waals surface area contributed by atoms with E-state index in [0.29, 0.717) is 12.1 Å². The average molecular weight is 238 g/mol. The van der Waals surface area contributed by atoms with E-state index in [4.69, 9.17) is 11.6 Å². The first-order chi connectivity index (χ1) is 7.63. The number of halogens is 1. The predicted octanol–water partition coefficient (Wildman–Crippen LogP) is 4.35. The van der Waals surface area contributed by atoms with Crippen LogP contribution in [-0.2, 0) is 0 Å². The standard InChI is InChI=1S/C14H20ClN/c1-4-5-6-11(2)16-12(3)13-7-9-14(15)10-8-13/h4,7-12,16H,1,5-6H2,2-3H3/t11?,12-/m1/s1. The Hall–Kier alpha value is -0.790. The van der Waals surface area contributed by atoms with Crippen molar-refractivity contribution in [3.05, 3.63) is 47.5 Å². The first-order valence-corrected chi connectivity index (χ1v) is 6.13. The zero-order valence-corrected chi connectivity index (χ0v) is 10.8. The smallest absolute Gasteiger partial charge is 0.0406 e. The molecule has 1 unspecified atom stereocenters. The summed E-state index contributed by atoms with van der Waals surface area (Å²) in [6, 6.07) is 8.87. The van der Waals surface area contributed by atoms with Crippen LogP contribution in [0.1, 0.15) is 38.3 Å². The van der Waals surface area contributed by atoms with Gasteiger partial charge in [0, 0.05) is 17.1 Å². The summed E-state index contributed by atoms with van der Waals surface area (Å²) in [6.07, 6.45) is 4.15. The molecular weight excluding hydrogens is 218 g/mol. The highest BCUT2D eigenvalue weighted by molar-refractivity contribution is 6.30. The van der Waals surface area contributed by atoms with Crippen molar-refractivity contribution in [3.63, 3.8) is 0 Å². The van der Waals surface area contributed by atoms with Gasteiger partial charge < -0.3 is 5.32 Å². The zero-order valence-electron chi connectivity index (χ0n) is 10.0. The molecule has 0 saturated carbocycles. The van der Waals surface area contributed by atoms with Crippen LogP contribution in [0.4, 0.5) is 0 Å². The molecule has 2 heteroatoms. The molecule has 0 bridgehead atoms. The minimum atomic E-state index is 0.358. The third kappa shape index (κ3) is 4.38. The predicted molar refractivity (Wildman–Crippen MR) is 71.9 cm³/mol. The Morgan fingerprint density at radius 1 is 1.31 bits per heavy atom. The molecule has 1 nitrogen and oxygen atoms in total. The van der Waals surface area contributed by atoms with Gasteiger partial charge in [-0.3, -0.25) is 0 Å².